The zero-order valence-electron chi connectivity index (χ0n) is 13.6. The minimum atomic E-state index is -5.81. The van der Waals surface area contributed by atoms with Crippen LogP contribution in [0.25, 0.3) is 0 Å². The van der Waals surface area contributed by atoms with Gasteiger partial charge in [0.2, 0.25) is 0 Å². The van der Waals surface area contributed by atoms with Crippen molar-refractivity contribution in [3.8, 4) is 11.5 Å². The molecule has 0 atom stereocenters. The summed E-state index contributed by atoms with van der Waals surface area (Å²) in [5, 5.41) is 0. The van der Waals surface area contributed by atoms with Crippen LogP contribution >= 0.6 is 0 Å². The molecule has 0 bridgehead atoms. The lowest BCUT2D eigenvalue weighted by atomic mass is 9.81. The molecule has 0 aromatic heterocycles. The van der Waals surface area contributed by atoms with Crippen molar-refractivity contribution in [1.29, 1.82) is 0 Å². The van der Waals surface area contributed by atoms with Gasteiger partial charge in [0.1, 0.15) is 11.5 Å². The van der Waals surface area contributed by atoms with Crippen molar-refractivity contribution in [2.45, 2.75) is 51.3 Å². The molecule has 0 radical (unpaired) electrons. The third-order valence-corrected chi connectivity index (χ3v) is 4.38. The molecule has 1 aromatic carbocycles. The Bertz CT molecular complexity index is 575. The molecule has 0 unspecified atom stereocenters. The minimum absolute atomic E-state index is 0.0743. The second kappa shape index (κ2) is 7.58. The number of hydrogen-bond donors (Lipinski definition) is 0. The fourth-order valence-electron chi connectivity index (χ4n) is 2.79. The van der Waals surface area contributed by atoms with E-state index >= 15 is 0 Å². The molecule has 0 N–H and O–H groups in total. The zero-order chi connectivity index (χ0) is 18.7. The molecule has 0 saturated heterocycles. The predicted octanol–water partition coefficient (Wildman–Crippen LogP) is 5.34. The Hall–Kier alpha value is -1.86. The highest BCUT2D eigenvalue weighted by Crippen LogP contribution is 2.37. The number of hydrogen-bond acceptors (Lipinski definition) is 3. The molecule has 1 aliphatic rings. The van der Waals surface area contributed by atoms with Gasteiger partial charge in [0.15, 0.2) is 0 Å². The van der Waals surface area contributed by atoms with Crippen LogP contribution in [0.15, 0.2) is 24.3 Å². The number of halogens is 5. The summed E-state index contributed by atoms with van der Waals surface area (Å²) >= 11 is 0. The predicted molar refractivity (Wildman–Crippen MR) is 79.4 cm³/mol. The van der Waals surface area contributed by atoms with E-state index in [1.165, 1.54) is 0 Å². The van der Waals surface area contributed by atoms with Gasteiger partial charge in [-0.3, -0.25) is 4.79 Å². The van der Waals surface area contributed by atoms with Gasteiger partial charge in [-0.2, -0.15) is 22.0 Å². The normalized spacial score (nSPS) is 21.7. The third kappa shape index (κ3) is 5.06. The average molecular weight is 366 g/mol. The molecule has 140 valence electrons. The monoisotopic (exact) mass is 366 g/mol. The molecule has 2 rings (SSSR count). The summed E-state index contributed by atoms with van der Waals surface area (Å²) in [5.74, 6) is -0.608. The maximum atomic E-state index is 12.8. The van der Waals surface area contributed by atoms with E-state index < -0.39 is 24.0 Å². The molecule has 8 heteroatoms. The summed E-state index contributed by atoms with van der Waals surface area (Å²) in [6.07, 6.45) is -6.65. The van der Waals surface area contributed by atoms with Crippen molar-refractivity contribution < 1.29 is 36.2 Å². The smallest absolute Gasteiger partial charge is 0.426 e. The first-order valence-corrected chi connectivity index (χ1v) is 8.07. The van der Waals surface area contributed by atoms with Crippen molar-refractivity contribution in [2.75, 3.05) is 0 Å². The SMILES string of the molecule is CCC1CCC(C(=O)Oc2ccc(OC(F)(F)C(F)(F)F)cc2)CC1. The Balaban J connectivity index is 1.91. The van der Waals surface area contributed by atoms with Crippen LogP contribution in [-0.2, 0) is 4.79 Å². The lowest BCUT2D eigenvalue weighted by molar-refractivity contribution is -0.360. The van der Waals surface area contributed by atoms with Gasteiger partial charge in [0.25, 0.3) is 0 Å². The highest BCUT2D eigenvalue weighted by Gasteiger charge is 2.61. The van der Waals surface area contributed by atoms with Gasteiger partial charge in [-0.25, -0.2) is 0 Å². The number of ether oxygens (including phenoxy) is 2. The van der Waals surface area contributed by atoms with Crippen molar-refractivity contribution >= 4 is 5.97 Å². The van der Waals surface area contributed by atoms with Crippen molar-refractivity contribution in [2.24, 2.45) is 11.8 Å². The van der Waals surface area contributed by atoms with E-state index in [1.54, 1.807) is 0 Å². The van der Waals surface area contributed by atoms with E-state index in [4.69, 9.17) is 4.74 Å². The quantitative estimate of drug-likeness (QED) is 0.401. The molecule has 1 saturated carbocycles. The molecule has 0 spiro atoms. The van der Waals surface area contributed by atoms with E-state index in [-0.39, 0.29) is 11.7 Å². The van der Waals surface area contributed by atoms with Gasteiger partial charge in [-0.05, 0) is 55.9 Å². The minimum Gasteiger partial charge on any atom is -0.426 e. The summed E-state index contributed by atoms with van der Waals surface area (Å²) < 4.78 is 70.7. The van der Waals surface area contributed by atoms with Crippen LogP contribution in [0.1, 0.15) is 39.0 Å². The van der Waals surface area contributed by atoms with Crippen LogP contribution in [-0.4, -0.2) is 18.3 Å². The summed E-state index contributed by atoms with van der Waals surface area (Å²) in [6.45, 7) is 2.11. The molecular weight excluding hydrogens is 347 g/mol. The lowest BCUT2D eigenvalue weighted by Gasteiger charge is -2.26. The van der Waals surface area contributed by atoms with Gasteiger partial charge < -0.3 is 9.47 Å². The Morgan fingerprint density at radius 1 is 1.00 bits per heavy atom. The van der Waals surface area contributed by atoms with Gasteiger partial charge in [-0.1, -0.05) is 13.3 Å². The topological polar surface area (TPSA) is 35.5 Å². The number of carbonyl (C=O) groups excluding carboxylic acids is 1. The lowest BCUT2D eigenvalue weighted by Crippen LogP contribution is -2.41. The Kier molecular flexibility index (Phi) is 5.90. The number of alkyl halides is 5. The number of benzene rings is 1. The van der Waals surface area contributed by atoms with Gasteiger partial charge in [0, 0.05) is 0 Å². The highest BCUT2D eigenvalue weighted by molar-refractivity contribution is 5.75. The summed E-state index contributed by atoms with van der Waals surface area (Å²) in [7, 11) is 0. The van der Waals surface area contributed by atoms with E-state index in [0.29, 0.717) is 5.92 Å². The molecule has 0 amide bonds. The second-order valence-corrected chi connectivity index (χ2v) is 6.13. The fourth-order valence-corrected chi connectivity index (χ4v) is 2.79. The Morgan fingerprint density at radius 2 is 1.52 bits per heavy atom. The maximum Gasteiger partial charge on any atom is 0.499 e. The molecule has 25 heavy (non-hydrogen) atoms. The van der Waals surface area contributed by atoms with E-state index in [0.717, 1.165) is 56.4 Å². The van der Waals surface area contributed by atoms with Crippen molar-refractivity contribution in [1.82, 2.24) is 0 Å². The molecule has 1 aromatic rings. The molecule has 3 nitrogen and oxygen atoms in total. The highest BCUT2D eigenvalue weighted by atomic mass is 19.4. The third-order valence-electron chi connectivity index (χ3n) is 4.38. The number of esters is 1. The molecular formula is C17H19F5O3. The molecule has 1 aliphatic carbocycles. The Labute approximate surface area is 142 Å². The number of carbonyl (C=O) groups is 1. The van der Waals surface area contributed by atoms with Gasteiger partial charge in [0.05, 0.1) is 5.92 Å². The number of rotatable bonds is 5. The summed E-state index contributed by atoms with van der Waals surface area (Å²) in [6, 6.07) is 4.04. The van der Waals surface area contributed by atoms with Crippen LogP contribution in [0.2, 0.25) is 0 Å². The van der Waals surface area contributed by atoms with Crippen LogP contribution in [0.3, 0.4) is 0 Å². The summed E-state index contributed by atoms with van der Waals surface area (Å²) in [4.78, 5) is 12.1. The largest absolute Gasteiger partial charge is 0.499 e. The van der Waals surface area contributed by atoms with Crippen molar-refractivity contribution in [3.63, 3.8) is 0 Å². The fraction of sp³-hybridized carbons (Fsp3) is 0.588. The maximum absolute atomic E-state index is 12.8. The first-order valence-electron chi connectivity index (χ1n) is 8.07. The van der Waals surface area contributed by atoms with E-state index in [1.807, 2.05) is 0 Å². The average Bonchev–Trinajstić information content (AvgIpc) is 2.55. The van der Waals surface area contributed by atoms with Gasteiger partial charge in [-0.15, -0.1) is 0 Å². The van der Waals surface area contributed by atoms with E-state index in [9.17, 15) is 26.7 Å². The zero-order valence-corrected chi connectivity index (χ0v) is 13.6. The van der Waals surface area contributed by atoms with Crippen molar-refractivity contribution in [3.05, 3.63) is 24.3 Å². The molecule has 0 heterocycles. The Morgan fingerprint density at radius 3 is 2.00 bits per heavy atom. The van der Waals surface area contributed by atoms with Crippen LogP contribution in [0, 0.1) is 11.8 Å². The first kappa shape index (κ1) is 19.5. The molecule has 0 aliphatic heterocycles. The standard InChI is InChI=1S/C17H19F5O3/c1-2-11-3-5-12(6-4-11)15(23)24-13-7-9-14(10-8-13)25-17(21,22)16(18,19)20/h7-12H,2-6H2,1H3. The van der Waals surface area contributed by atoms with Crippen LogP contribution in [0.4, 0.5) is 22.0 Å². The molecule has 1 fully saturated rings. The summed E-state index contributed by atoms with van der Waals surface area (Å²) in [5.41, 5.74) is 0. The second-order valence-electron chi connectivity index (χ2n) is 6.13. The first-order chi connectivity index (χ1) is 11.6. The van der Waals surface area contributed by atoms with Gasteiger partial charge >= 0.3 is 18.3 Å². The van der Waals surface area contributed by atoms with Crippen LogP contribution < -0.4 is 9.47 Å². The van der Waals surface area contributed by atoms with Crippen LogP contribution in [0.5, 0.6) is 11.5 Å². The van der Waals surface area contributed by atoms with E-state index in [2.05, 4.69) is 11.7 Å².